The molecule has 0 radical (unpaired) electrons. The molecule has 0 aliphatic heterocycles. The van der Waals surface area contributed by atoms with Crippen molar-refractivity contribution < 1.29 is 23.5 Å². The molecule has 1 aromatic carbocycles. The van der Waals surface area contributed by atoms with Crippen LogP contribution in [0, 0.1) is 5.92 Å². The van der Waals surface area contributed by atoms with E-state index in [1.54, 1.807) is 37.3 Å². The summed E-state index contributed by atoms with van der Waals surface area (Å²) in [5, 5.41) is 17.7. The molecule has 1 aromatic heterocycles. The predicted molar refractivity (Wildman–Crippen MR) is 106 cm³/mol. The van der Waals surface area contributed by atoms with E-state index in [0.717, 1.165) is 6.20 Å². The second-order valence-corrected chi connectivity index (χ2v) is 6.29. The zero-order valence-electron chi connectivity index (χ0n) is 15.8. The number of hydrogen-bond acceptors (Lipinski definition) is 3. The van der Waals surface area contributed by atoms with Crippen LogP contribution in [0.2, 0.25) is 0 Å². The number of carboxylic acid groups (broad SMARTS) is 1. The molecule has 3 N–H and O–H groups in total. The fourth-order valence-electron chi connectivity index (χ4n) is 2.74. The van der Waals surface area contributed by atoms with Gasteiger partial charge in [0, 0.05) is 5.56 Å². The summed E-state index contributed by atoms with van der Waals surface area (Å²) in [4.78, 5) is 23.3. The van der Waals surface area contributed by atoms with E-state index in [9.17, 15) is 18.4 Å². The molecule has 9 heteroatoms. The Balaban J connectivity index is 2.51. The molecule has 0 spiro atoms. The second-order valence-electron chi connectivity index (χ2n) is 6.29. The maximum absolute atomic E-state index is 13.5. The fraction of sp³-hybridized carbons (Fsp3) is 0.250. The Morgan fingerprint density at radius 3 is 2.66 bits per heavy atom. The van der Waals surface area contributed by atoms with Gasteiger partial charge in [-0.25, -0.2) is 9.48 Å². The molecule has 0 aliphatic rings. The molecule has 1 heterocycles. The van der Waals surface area contributed by atoms with Crippen LogP contribution in [0.15, 0.2) is 55.8 Å². The Kier molecular flexibility index (Phi) is 7.24. The van der Waals surface area contributed by atoms with Crippen LogP contribution in [0.25, 0.3) is 11.3 Å². The van der Waals surface area contributed by atoms with Gasteiger partial charge in [0.25, 0.3) is 0 Å². The van der Waals surface area contributed by atoms with Gasteiger partial charge in [0.15, 0.2) is 0 Å². The first-order valence-electron chi connectivity index (χ1n) is 8.78. The van der Waals surface area contributed by atoms with Gasteiger partial charge < -0.3 is 15.7 Å². The third kappa shape index (κ3) is 5.28. The molecule has 0 bridgehead atoms. The summed E-state index contributed by atoms with van der Waals surface area (Å²) < 4.78 is 27.5. The lowest BCUT2D eigenvalue weighted by Gasteiger charge is -2.17. The highest BCUT2D eigenvalue weighted by Gasteiger charge is 2.22. The van der Waals surface area contributed by atoms with Gasteiger partial charge in [0.2, 0.25) is 5.91 Å². The Labute approximate surface area is 166 Å². The smallest absolute Gasteiger partial charge is 0.405 e. The van der Waals surface area contributed by atoms with E-state index in [4.69, 9.17) is 5.11 Å². The van der Waals surface area contributed by atoms with Crippen molar-refractivity contribution in [1.82, 2.24) is 15.1 Å². The quantitative estimate of drug-likeness (QED) is 0.533. The van der Waals surface area contributed by atoms with Gasteiger partial charge in [-0.15, -0.1) is 13.2 Å². The number of rotatable bonds is 9. The number of amides is 2. The molecule has 0 aliphatic carbocycles. The van der Waals surface area contributed by atoms with Crippen LogP contribution in [-0.4, -0.2) is 26.9 Å². The Morgan fingerprint density at radius 1 is 1.34 bits per heavy atom. The summed E-state index contributed by atoms with van der Waals surface area (Å²) in [6, 6.07) is 5.84. The van der Waals surface area contributed by atoms with Crippen molar-refractivity contribution in [3.05, 3.63) is 61.3 Å². The summed E-state index contributed by atoms with van der Waals surface area (Å²) in [5.41, 5.74) is 1.04. The standard InChI is InChI=1S/C20H22F2N4O3/c1-4-7-15(25-20(28)29)13-8-6-9-14(10-13)17-16(11-23-26(17)19(21)22)24-18(27)12(3)5-2/h4-6,8-12,15,19,25H,1-2,7H2,3H3,(H,24,27)(H,28,29)/t12-,15+/m1/s1. The van der Waals surface area contributed by atoms with Gasteiger partial charge in [0.1, 0.15) is 0 Å². The highest BCUT2D eigenvalue weighted by Crippen LogP contribution is 2.33. The molecule has 0 fully saturated rings. The summed E-state index contributed by atoms with van der Waals surface area (Å²) in [7, 11) is 0. The molecule has 2 rings (SSSR count). The first kappa shape index (κ1) is 21.8. The van der Waals surface area contributed by atoms with Crippen molar-refractivity contribution in [2.75, 3.05) is 5.32 Å². The second kappa shape index (κ2) is 9.63. The van der Waals surface area contributed by atoms with E-state index in [0.29, 0.717) is 22.2 Å². The molecule has 2 atom stereocenters. The van der Waals surface area contributed by atoms with Crippen molar-refractivity contribution in [2.24, 2.45) is 5.92 Å². The van der Waals surface area contributed by atoms with E-state index in [1.807, 2.05) is 0 Å². The SMILES string of the molecule is C=CC[C@H](NC(=O)O)c1cccc(-c2c(NC(=O)[C@H](C)C=C)cnn2C(F)F)c1. The normalized spacial score (nSPS) is 12.8. The van der Waals surface area contributed by atoms with E-state index in [1.165, 1.54) is 6.08 Å². The number of alkyl halides is 2. The van der Waals surface area contributed by atoms with Crippen LogP contribution in [-0.2, 0) is 4.79 Å². The first-order valence-corrected chi connectivity index (χ1v) is 8.78. The number of anilines is 1. The number of aromatic nitrogens is 2. The number of nitrogens with zero attached hydrogens (tertiary/aromatic N) is 2. The topological polar surface area (TPSA) is 96.2 Å². The van der Waals surface area contributed by atoms with Crippen LogP contribution in [0.4, 0.5) is 19.3 Å². The number of halogens is 2. The number of hydrogen-bond donors (Lipinski definition) is 3. The molecule has 2 aromatic rings. The lowest BCUT2D eigenvalue weighted by molar-refractivity contribution is -0.118. The van der Waals surface area contributed by atoms with Crippen molar-refractivity contribution in [2.45, 2.75) is 25.9 Å². The summed E-state index contributed by atoms with van der Waals surface area (Å²) >= 11 is 0. The van der Waals surface area contributed by atoms with Crippen LogP contribution < -0.4 is 10.6 Å². The minimum absolute atomic E-state index is 0.0131. The van der Waals surface area contributed by atoms with Crippen LogP contribution in [0.5, 0.6) is 0 Å². The van der Waals surface area contributed by atoms with E-state index < -0.39 is 30.5 Å². The third-order valence-electron chi connectivity index (χ3n) is 4.27. The minimum Gasteiger partial charge on any atom is -0.465 e. The van der Waals surface area contributed by atoms with Crippen molar-refractivity contribution in [1.29, 1.82) is 0 Å². The minimum atomic E-state index is -2.93. The average molecular weight is 404 g/mol. The van der Waals surface area contributed by atoms with Crippen LogP contribution >= 0.6 is 0 Å². The maximum Gasteiger partial charge on any atom is 0.405 e. The summed E-state index contributed by atoms with van der Waals surface area (Å²) in [6.45, 7) is 5.85. The highest BCUT2D eigenvalue weighted by atomic mass is 19.3. The number of benzene rings is 1. The van der Waals surface area contributed by atoms with E-state index in [2.05, 4.69) is 28.9 Å². The molecular weight excluding hydrogens is 382 g/mol. The van der Waals surface area contributed by atoms with Crippen molar-refractivity contribution >= 4 is 17.7 Å². The molecule has 0 saturated carbocycles. The monoisotopic (exact) mass is 404 g/mol. The first-order chi connectivity index (χ1) is 13.8. The zero-order chi connectivity index (χ0) is 21.6. The summed E-state index contributed by atoms with van der Waals surface area (Å²) in [5.74, 6) is -0.941. The van der Waals surface area contributed by atoms with E-state index >= 15 is 0 Å². The number of nitrogens with one attached hydrogen (secondary N) is 2. The highest BCUT2D eigenvalue weighted by molar-refractivity contribution is 5.96. The van der Waals surface area contributed by atoms with Gasteiger partial charge in [-0.2, -0.15) is 13.9 Å². The molecule has 154 valence electrons. The van der Waals surface area contributed by atoms with Crippen LogP contribution in [0.1, 0.15) is 31.5 Å². The zero-order valence-corrected chi connectivity index (χ0v) is 15.8. The molecule has 7 nitrogen and oxygen atoms in total. The number of carbonyl (C=O) groups excluding carboxylic acids is 1. The molecule has 2 amide bonds. The Morgan fingerprint density at radius 2 is 2.07 bits per heavy atom. The van der Waals surface area contributed by atoms with Gasteiger partial charge in [0.05, 0.1) is 29.5 Å². The molecule has 29 heavy (non-hydrogen) atoms. The van der Waals surface area contributed by atoms with Gasteiger partial charge in [-0.1, -0.05) is 37.3 Å². The van der Waals surface area contributed by atoms with Gasteiger partial charge in [-0.3, -0.25) is 4.79 Å². The third-order valence-corrected chi connectivity index (χ3v) is 4.27. The average Bonchev–Trinajstić information content (AvgIpc) is 3.10. The molecule has 0 saturated heterocycles. The maximum atomic E-state index is 13.5. The fourth-order valence-corrected chi connectivity index (χ4v) is 2.74. The number of carbonyl (C=O) groups is 2. The van der Waals surface area contributed by atoms with Gasteiger partial charge in [-0.05, 0) is 18.1 Å². The van der Waals surface area contributed by atoms with Crippen LogP contribution in [0.3, 0.4) is 0 Å². The lowest BCUT2D eigenvalue weighted by atomic mass is 9.99. The Bertz CT molecular complexity index is 911. The van der Waals surface area contributed by atoms with Crippen molar-refractivity contribution in [3.8, 4) is 11.3 Å². The lowest BCUT2D eigenvalue weighted by Crippen LogP contribution is -2.26. The molecular formula is C20H22F2N4O3. The van der Waals surface area contributed by atoms with Gasteiger partial charge >= 0.3 is 12.6 Å². The Hall–Kier alpha value is -3.49. The van der Waals surface area contributed by atoms with Crippen molar-refractivity contribution in [3.63, 3.8) is 0 Å². The summed E-state index contributed by atoms with van der Waals surface area (Å²) in [6.07, 6.45) is 3.23. The predicted octanol–water partition coefficient (Wildman–Crippen LogP) is 4.59. The van der Waals surface area contributed by atoms with E-state index in [-0.39, 0.29) is 11.4 Å². The molecule has 0 unspecified atom stereocenters. The largest absolute Gasteiger partial charge is 0.465 e.